The number of nitrogens with one attached hydrogen (secondary N) is 1. The molecule has 2 heterocycles. The lowest BCUT2D eigenvalue weighted by molar-refractivity contribution is 0.0697. The summed E-state index contributed by atoms with van der Waals surface area (Å²) in [5, 5.41) is 12.4. The molecule has 0 saturated carbocycles. The molecular formula is C20H15N3O5. The van der Waals surface area contributed by atoms with Gasteiger partial charge in [0, 0.05) is 17.3 Å². The minimum absolute atomic E-state index is 0.142. The lowest BCUT2D eigenvalue weighted by Crippen LogP contribution is -1.98. The van der Waals surface area contributed by atoms with E-state index in [0.717, 1.165) is 5.56 Å². The van der Waals surface area contributed by atoms with Gasteiger partial charge in [0.05, 0.1) is 30.6 Å². The Kier molecular flexibility index (Phi) is 4.51. The van der Waals surface area contributed by atoms with Gasteiger partial charge in [-0.05, 0) is 18.2 Å². The Morgan fingerprint density at radius 2 is 1.96 bits per heavy atom. The molecule has 2 aromatic carbocycles. The summed E-state index contributed by atoms with van der Waals surface area (Å²) in [5.74, 6) is 0.497. The molecule has 140 valence electrons. The highest BCUT2D eigenvalue weighted by molar-refractivity contribution is 5.95. The topological polar surface area (TPSA) is 111 Å². The minimum atomic E-state index is -1.03. The molecule has 0 spiro atoms. The standard InChI is InChI=1S/C20H15N3O5/c1-26-16-8-12(6-7-15(16)17-9-21-11-27-17)23-20-22-10-18(28-20)13-4-2-3-5-14(13)19(24)25/h2-11H,1H3,(H,22,23)(H,24,25). The van der Waals surface area contributed by atoms with Gasteiger partial charge in [-0.25, -0.2) is 14.8 Å². The van der Waals surface area contributed by atoms with Crippen molar-refractivity contribution in [2.45, 2.75) is 0 Å². The zero-order valence-corrected chi connectivity index (χ0v) is 14.7. The number of anilines is 2. The van der Waals surface area contributed by atoms with E-state index in [-0.39, 0.29) is 11.6 Å². The second-order valence-electron chi connectivity index (χ2n) is 5.79. The number of benzene rings is 2. The number of nitrogens with zero attached hydrogens (tertiary/aromatic N) is 2. The molecule has 0 aliphatic carbocycles. The van der Waals surface area contributed by atoms with Crippen LogP contribution < -0.4 is 10.1 Å². The maximum Gasteiger partial charge on any atom is 0.336 e. The minimum Gasteiger partial charge on any atom is -0.496 e. The van der Waals surface area contributed by atoms with Crippen LogP contribution in [0.5, 0.6) is 5.75 Å². The van der Waals surface area contributed by atoms with Crippen LogP contribution in [-0.4, -0.2) is 28.2 Å². The monoisotopic (exact) mass is 377 g/mol. The van der Waals surface area contributed by atoms with Crippen molar-refractivity contribution in [1.29, 1.82) is 0 Å². The van der Waals surface area contributed by atoms with Crippen molar-refractivity contribution in [2.75, 3.05) is 12.4 Å². The average Bonchev–Trinajstić information content (AvgIpc) is 3.40. The highest BCUT2D eigenvalue weighted by atomic mass is 16.5. The molecular weight excluding hydrogens is 362 g/mol. The van der Waals surface area contributed by atoms with Crippen molar-refractivity contribution in [3.05, 3.63) is 66.8 Å². The Morgan fingerprint density at radius 1 is 1.11 bits per heavy atom. The zero-order chi connectivity index (χ0) is 19.5. The van der Waals surface area contributed by atoms with Crippen molar-refractivity contribution < 1.29 is 23.5 Å². The third-order valence-corrected chi connectivity index (χ3v) is 4.08. The van der Waals surface area contributed by atoms with Gasteiger partial charge in [-0.2, -0.15) is 0 Å². The number of aromatic carboxylic acids is 1. The van der Waals surface area contributed by atoms with E-state index < -0.39 is 5.97 Å². The summed E-state index contributed by atoms with van der Waals surface area (Å²) in [6, 6.07) is 12.2. The highest BCUT2D eigenvalue weighted by Crippen LogP contribution is 2.34. The second kappa shape index (κ2) is 7.28. The fraction of sp³-hybridized carbons (Fsp3) is 0.0500. The molecule has 2 aromatic heterocycles. The van der Waals surface area contributed by atoms with E-state index in [1.807, 2.05) is 12.1 Å². The second-order valence-corrected chi connectivity index (χ2v) is 5.79. The van der Waals surface area contributed by atoms with Crippen LogP contribution in [0.3, 0.4) is 0 Å². The van der Waals surface area contributed by atoms with Gasteiger partial charge in [-0.1, -0.05) is 18.2 Å². The number of methoxy groups -OCH3 is 1. The predicted molar refractivity (Wildman–Crippen MR) is 101 cm³/mol. The maximum atomic E-state index is 11.4. The molecule has 0 atom stereocenters. The van der Waals surface area contributed by atoms with Crippen LogP contribution in [0.25, 0.3) is 22.6 Å². The summed E-state index contributed by atoms with van der Waals surface area (Å²) in [5.41, 5.74) is 2.03. The highest BCUT2D eigenvalue weighted by Gasteiger charge is 2.16. The van der Waals surface area contributed by atoms with Gasteiger partial charge in [0.1, 0.15) is 5.75 Å². The fourth-order valence-corrected chi connectivity index (χ4v) is 2.79. The van der Waals surface area contributed by atoms with Crippen LogP contribution in [-0.2, 0) is 0 Å². The largest absolute Gasteiger partial charge is 0.496 e. The first-order valence-corrected chi connectivity index (χ1v) is 8.28. The van der Waals surface area contributed by atoms with E-state index in [1.165, 1.54) is 18.7 Å². The zero-order valence-electron chi connectivity index (χ0n) is 14.7. The lowest BCUT2D eigenvalue weighted by Gasteiger charge is -2.09. The average molecular weight is 377 g/mol. The first-order chi connectivity index (χ1) is 13.7. The van der Waals surface area contributed by atoms with Gasteiger partial charge in [0.2, 0.25) is 0 Å². The van der Waals surface area contributed by atoms with Crippen molar-refractivity contribution >= 4 is 17.7 Å². The summed E-state index contributed by atoms with van der Waals surface area (Å²) in [6.07, 6.45) is 4.43. The molecule has 0 aliphatic heterocycles. The third-order valence-electron chi connectivity index (χ3n) is 4.08. The number of carbonyl (C=O) groups is 1. The molecule has 0 bridgehead atoms. The Bertz CT molecular complexity index is 1120. The number of carboxylic acids is 1. The van der Waals surface area contributed by atoms with E-state index in [2.05, 4.69) is 15.3 Å². The van der Waals surface area contributed by atoms with Gasteiger partial charge in [0.25, 0.3) is 6.01 Å². The number of hydrogen-bond donors (Lipinski definition) is 2. The maximum absolute atomic E-state index is 11.4. The molecule has 0 fully saturated rings. The summed E-state index contributed by atoms with van der Waals surface area (Å²) < 4.78 is 16.4. The van der Waals surface area contributed by atoms with E-state index in [4.69, 9.17) is 13.6 Å². The first kappa shape index (κ1) is 17.3. The molecule has 0 saturated heterocycles. The van der Waals surface area contributed by atoms with E-state index in [0.29, 0.717) is 28.5 Å². The SMILES string of the molecule is COc1cc(Nc2ncc(-c3ccccc3C(=O)O)o2)ccc1-c1cnco1. The lowest BCUT2D eigenvalue weighted by atomic mass is 10.1. The van der Waals surface area contributed by atoms with Crippen LogP contribution >= 0.6 is 0 Å². The number of aromatic nitrogens is 2. The van der Waals surface area contributed by atoms with Crippen molar-refractivity contribution in [3.8, 4) is 28.4 Å². The number of oxazole rings is 2. The normalized spacial score (nSPS) is 10.6. The summed E-state index contributed by atoms with van der Waals surface area (Å²) in [4.78, 5) is 19.5. The Labute approximate surface area is 159 Å². The van der Waals surface area contributed by atoms with Crippen molar-refractivity contribution in [3.63, 3.8) is 0 Å². The summed E-state index contributed by atoms with van der Waals surface area (Å²) in [7, 11) is 1.56. The third kappa shape index (κ3) is 3.30. The van der Waals surface area contributed by atoms with Crippen LogP contribution in [0.1, 0.15) is 10.4 Å². The van der Waals surface area contributed by atoms with Gasteiger partial charge in [-0.15, -0.1) is 0 Å². The molecule has 2 N–H and O–H groups in total. The van der Waals surface area contributed by atoms with E-state index in [1.54, 1.807) is 37.6 Å². The number of carboxylic acid groups (broad SMARTS) is 1. The predicted octanol–water partition coefficient (Wildman–Crippen LogP) is 4.45. The molecule has 0 amide bonds. The van der Waals surface area contributed by atoms with Gasteiger partial charge in [0.15, 0.2) is 17.9 Å². The molecule has 8 heteroatoms. The molecule has 0 aliphatic rings. The molecule has 8 nitrogen and oxygen atoms in total. The van der Waals surface area contributed by atoms with Gasteiger partial charge in [-0.3, -0.25) is 0 Å². The number of hydrogen-bond acceptors (Lipinski definition) is 7. The summed E-state index contributed by atoms with van der Waals surface area (Å²) >= 11 is 0. The molecule has 4 aromatic rings. The number of rotatable bonds is 6. The van der Waals surface area contributed by atoms with E-state index >= 15 is 0 Å². The molecule has 0 unspecified atom stereocenters. The number of ether oxygens (including phenoxy) is 1. The van der Waals surface area contributed by atoms with Crippen LogP contribution in [0, 0.1) is 0 Å². The van der Waals surface area contributed by atoms with Crippen molar-refractivity contribution in [2.24, 2.45) is 0 Å². The molecule has 4 rings (SSSR count). The van der Waals surface area contributed by atoms with Crippen LogP contribution in [0.15, 0.2) is 70.1 Å². The Balaban J connectivity index is 1.60. The van der Waals surface area contributed by atoms with E-state index in [9.17, 15) is 9.90 Å². The van der Waals surface area contributed by atoms with Gasteiger partial charge < -0.3 is 24.0 Å². The quantitative estimate of drug-likeness (QED) is 0.507. The van der Waals surface area contributed by atoms with Crippen LogP contribution in [0.4, 0.5) is 11.7 Å². The molecule has 28 heavy (non-hydrogen) atoms. The smallest absolute Gasteiger partial charge is 0.336 e. The van der Waals surface area contributed by atoms with Crippen molar-refractivity contribution in [1.82, 2.24) is 9.97 Å². The Hall–Kier alpha value is -4.07. The van der Waals surface area contributed by atoms with Crippen LogP contribution in [0.2, 0.25) is 0 Å². The fourth-order valence-electron chi connectivity index (χ4n) is 2.79. The van der Waals surface area contributed by atoms with Gasteiger partial charge >= 0.3 is 5.97 Å². The Morgan fingerprint density at radius 3 is 2.71 bits per heavy atom. The molecule has 0 radical (unpaired) electrons. The first-order valence-electron chi connectivity index (χ1n) is 8.28. The summed E-state index contributed by atoms with van der Waals surface area (Å²) in [6.45, 7) is 0.